The number of likely N-dealkylation sites (N-methyl/N-ethyl adjacent to an activating group) is 1. The van der Waals surface area contributed by atoms with E-state index in [1.165, 1.54) is 38.2 Å². The molecule has 0 spiro atoms. The molecular formula is C23H36N4O5S. The highest BCUT2D eigenvalue weighted by molar-refractivity contribution is 7.89. The van der Waals surface area contributed by atoms with E-state index in [4.69, 9.17) is 0 Å². The van der Waals surface area contributed by atoms with Crippen molar-refractivity contribution >= 4 is 33.4 Å². The molecule has 2 rings (SSSR count). The number of carbonyl (C=O) groups is 3. The van der Waals surface area contributed by atoms with E-state index in [0.29, 0.717) is 31.7 Å². The first-order valence-corrected chi connectivity index (χ1v) is 13.0. The number of likely N-dealkylation sites (tertiary alicyclic amines) is 1. The Kier molecular flexibility index (Phi) is 10.3. The Morgan fingerprint density at radius 2 is 1.82 bits per heavy atom. The predicted molar refractivity (Wildman–Crippen MR) is 127 cm³/mol. The molecule has 3 amide bonds. The summed E-state index contributed by atoms with van der Waals surface area (Å²) in [5.74, 6) is -0.879. The fourth-order valence-electron chi connectivity index (χ4n) is 3.79. The number of nitrogens with one attached hydrogen (secondary N) is 2. The molecule has 0 radical (unpaired) electrons. The molecule has 33 heavy (non-hydrogen) atoms. The van der Waals surface area contributed by atoms with Crippen molar-refractivity contribution in [3.63, 3.8) is 0 Å². The summed E-state index contributed by atoms with van der Waals surface area (Å²) in [7, 11) is -2.51. The maximum absolute atomic E-state index is 12.9. The molecule has 10 heteroatoms. The zero-order valence-corrected chi connectivity index (χ0v) is 20.6. The van der Waals surface area contributed by atoms with Crippen LogP contribution in [0.5, 0.6) is 0 Å². The lowest BCUT2D eigenvalue weighted by Crippen LogP contribution is -2.48. The number of piperidine rings is 1. The fraction of sp³-hybridized carbons (Fsp3) is 0.609. The second kappa shape index (κ2) is 12.7. The standard InChI is InChI=1S/C23H36N4O5S/c1-4-5-6-7-14-24-23(30)19-9-8-15-27(16-19)22(29)17-26(3)33(31,32)21-12-10-20(11-13-21)25-18(2)28/h10-13,19H,4-9,14-17H2,1-3H3,(H,24,30)(H,25,28). The molecule has 1 atom stereocenters. The summed E-state index contributed by atoms with van der Waals surface area (Å²) in [6, 6.07) is 5.78. The first kappa shape index (κ1) is 26.8. The number of carbonyl (C=O) groups excluding carboxylic acids is 3. The second-order valence-corrected chi connectivity index (χ2v) is 10.5. The van der Waals surface area contributed by atoms with Crippen molar-refractivity contribution in [3.8, 4) is 0 Å². The molecule has 1 heterocycles. The van der Waals surface area contributed by atoms with Crippen molar-refractivity contribution < 1.29 is 22.8 Å². The van der Waals surface area contributed by atoms with Crippen LogP contribution in [-0.4, -0.2) is 68.6 Å². The molecule has 0 bridgehead atoms. The van der Waals surface area contributed by atoms with Gasteiger partial charge in [0, 0.05) is 39.3 Å². The highest BCUT2D eigenvalue weighted by Crippen LogP contribution is 2.20. The first-order valence-electron chi connectivity index (χ1n) is 11.5. The molecule has 1 unspecified atom stereocenters. The number of hydrogen-bond donors (Lipinski definition) is 2. The SMILES string of the molecule is CCCCCCNC(=O)C1CCCN(C(=O)CN(C)S(=O)(=O)c2ccc(NC(C)=O)cc2)C1. The van der Waals surface area contributed by atoms with Gasteiger partial charge in [-0.25, -0.2) is 8.42 Å². The average Bonchev–Trinajstić information content (AvgIpc) is 2.78. The number of benzene rings is 1. The normalized spacial score (nSPS) is 16.5. The second-order valence-electron chi connectivity index (χ2n) is 8.50. The van der Waals surface area contributed by atoms with Crippen molar-refractivity contribution in [1.82, 2.24) is 14.5 Å². The van der Waals surface area contributed by atoms with Crippen molar-refractivity contribution in [2.45, 2.75) is 57.3 Å². The van der Waals surface area contributed by atoms with Crippen LogP contribution in [0.2, 0.25) is 0 Å². The number of unbranched alkanes of at least 4 members (excludes halogenated alkanes) is 3. The summed E-state index contributed by atoms with van der Waals surface area (Å²) in [5, 5.41) is 5.55. The van der Waals surface area contributed by atoms with Gasteiger partial charge in [0.05, 0.1) is 17.4 Å². The topological polar surface area (TPSA) is 116 Å². The van der Waals surface area contributed by atoms with Crippen LogP contribution in [-0.2, 0) is 24.4 Å². The Balaban J connectivity index is 1.90. The van der Waals surface area contributed by atoms with Gasteiger partial charge in [-0.1, -0.05) is 26.2 Å². The van der Waals surface area contributed by atoms with Gasteiger partial charge in [0.1, 0.15) is 0 Å². The lowest BCUT2D eigenvalue weighted by Gasteiger charge is -2.33. The molecular weight excluding hydrogens is 444 g/mol. The van der Waals surface area contributed by atoms with Crippen LogP contribution in [0.15, 0.2) is 29.2 Å². The van der Waals surface area contributed by atoms with Gasteiger partial charge in [0.15, 0.2) is 0 Å². The summed E-state index contributed by atoms with van der Waals surface area (Å²) in [4.78, 5) is 38.0. The number of sulfonamides is 1. The Hall–Kier alpha value is -2.46. The number of anilines is 1. The van der Waals surface area contributed by atoms with Crippen LogP contribution < -0.4 is 10.6 Å². The molecule has 0 saturated carbocycles. The number of hydrogen-bond acceptors (Lipinski definition) is 5. The summed E-state index contributed by atoms with van der Waals surface area (Å²) in [6.07, 6.45) is 5.75. The minimum Gasteiger partial charge on any atom is -0.356 e. The van der Waals surface area contributed by atoms with Crippen molar-refractivity contribution in [2.24, 2.45) is 5.92 Å². The molecule has 1 aromatic rings. The average molecular weight is 481 g/mol. The van der Waals surface area contributed by atoms with Crippen LogP contribution in [0.4, 0.5) is 5.69 Å². The Labute approximate surface area is 196 Å². The summed E-state index contributed by atoms with van der Waals surface area (Å²) in [5.41, 5.74) is 0.489. The minimum atomic E-state index is -3.87. The maximum atomic E-state index is 12.9. The van der Waals surface area contributed by atoms with Crippen LogP contribution in [0, 0.1) is 5.92 Å². The number of nitrogens with zero attached hydrogens (tertiary/aromatic N) is 2. The molecule has 2 N–H and O–H groups in total. The molecule has 1 fully saturated rings. The van der Waals surface area contributed by atoms with Gasteiger partial charge >= 0.3 is 0 Å². The van der Waals surface area contributed by atoms with Crippen molar-refractivity contribution in [2.75, 3.05) is 38.5 Å². The van der Waals surface area contributed by atoms with Crippen molar-refractivity contribution in [1.29, 1.82) is 0 Å². The summed E-state index contributed by atoms with van der Waals surface area (Å²) < 4.78 is 26.7. The van der Waals surface area contributed by atoms with Gasteiger partial charge in [0.2, 0.25) is 27.7 Å². The van der Waals surface area contributed by atoms with E-state index < -0.39 is 10.0 Å². The minimum absolute atomic E-state index is 0.0332. The van der Waals surface area contributed by atoms with Gasteiger partial charge in [-0.3, -0.25) is 14.4 Å². The Bertz CT molecular complexity index is 917. The first-order chi connectivity index (χ1) is 15.6. The van der Waals surface area contributed by atoms with Crippen LogP contribution >= 0.6 is 0 Å². The summed E-state index contributed by atoms with van der Waals surface area (Å²) >= 11 is 0. The maximum Gasteiger partial charge on any atom is 0.243 e. The third kappa shape index (κ3) is 8.12. The zero-order valence-electron chi connectivity index (χ0n) is 19.8. The predicted octanol–water partition coefficient (Wildman–Crippen LogP) is 2.20. The van der Waals surface area contributed by atoms with Crippen LogP contribution in [0.25, 0.3) is 0 Å². The third-order valence-electron chi connectivity index (χ3n) is 5.72. The van der Waals surface area contributed by atoms with Gasteiger partial charge in [-0.05, 0) is 43.5 Å². The van der Waals surface area contributed by atoms with Gasteiger partial charge in [0.25, 0.3) is 0 Å². The molecule has 1 aliphatic rings. The highest BCUT2D eigenvalue weighted by Gasteiger charge is 2.30. The van der Waals surface area contributed by atoms with Crippen LogP contribution in [0.1, 0.15) is 52.4 Å². The monoisotopic (exact) mass is 480 g/mol. The lowest BCUT2D eigenvalue weighted by molar-refractivity contribution is -0.135. The number of amides is 3. The van der Waals surface area contributed by atoms with Gasteiger partial charge in [-0.15, -0.1) is 0 Å². The Morgan fingerprint density at radius 3 is 2.45 bits per heavy atom. The van der Waals surface area contributed by atoms with E-state index >= 15 is 0 Å². The van der Waals surface area contributed by atoms with E-state index in [9.17, 15) is 22.8 Å². The summed E-state index contributed by atoms with van der Waals surface area (Å²) in [6.45, 7) is 4.66. The molecule has 0 aliphatic carbocycles. The van der Waals surface area contributed by atoms with Crippen LogP contribution in [0.3, 0.4) is 0 Å². The Morgan fingerprint density at radius 1 is 1.12 bits per heavy atom. The molecule has 9 nitrogen and oxygen atoms in total. The highest BCUT2D eigenvalue weighted by atomic mass is 32.2. The van der Waals surface area contributed by atoms with E-state index in [1.807, 2.05) is 0 Å². The molecule has 1 aliphatic heterocycles. The molecule has 1 saturated heterocycles. The molecule has 184 valence electrons. The van der Waals surface area contributed by atoms with E-state index in [0.717, 1.165) is 36.4 Å². The largest absolute Gasteiger partial charge is 0.356 e. The van der Waals surface area contributed by atoms with E-state index in [2.05, 4.69) is 17.6 Å². The quantitative estimate of drug-likeness (QED) is 0.471. The molecule has 1 aromatic carbocycles. The van der Waals surface area contributed by atoms with Gasteiger partial charge < -0.3 is 15.5 Å². The zero-order chi connectivity index (χ0) is 24.4. The number of rotatable bonds is 11. The van der Waals surface area contributed by atoms with E-state index in [-0.39, 0.29) is 35.1 Å². The van der Waals surface area contributed by atoms with Gasteiger partial charge in [-0.2, -0.15) is 4.31 Å². The molecule has 0 aromatic heterocycles. The smallest absolute Gasteiger partial charge is 0.243 e. The third-order valence-corrected chi connectivity index (χ3v) is 7.53. The van der Waals surface area contributed by atoms with E-state index in [1.54, 1.807) is 4.90 Å². The van der Waals surface area contributed by atoms with Crippen molar-refractivity contribution in [3.05, 3.63) is 24.3 Å². The fourth-order valence-corrected chi connectivity index (χ4v) is 4.91. The lowest BCUT2D eigenvalue weighted by atomic mass is 9.97.